The maximum absolute atomic E-state index is 9.43. The van der Waals surface area contributed by atoms with Crippen LogP contribution in [0.25, 0.3) is 0 Å². The highest BCUT2D eigenvalue weighted by molar-refractivity contribution is 4.89. The number of aliphatic hydroxyl groups excluding tert-OH is 3. The minimum absolute atomic E-state index is 0.0229. The third-order valence-corrected chi connectivity index (χ3v) is 7.13. The summed E-state index contributed by atoms with van der Waals surface area (Å²) < 4.78 is 0. The smallest absolute Gasteiger partial charge is 0.0642 e. The number of hydrogen-bond donors (Lipinski definition) is 5. The summed E-state index contributed by atoms with van der Waals surface area (Å²) in [6.45, 7) is 2.34. The van der Waals surface area contributed by atoms with Gasteiger partial charge in [-0.15, -0.1) is 0 Å². The third kappa shape index (κ3) is 18.3. The van der Waals surface area contributed by atoms with Gasteiger partial charge in [-0.3, -0.25) is 0 Å². The molecule has 0 rings (SSSR count). The van der Waals surface area contributed by atoms with E-state index in [0.29, 0.717) is 25.7 Å². The van der Waals surface area contributed by atoms with Gasteiger partial charge in [-0.25, -0.2) is 0 Å². The fourth-order valence-electron chi connectivity index (χ4n) is 5.14. The normalized spacial score (nSPS) is 12.6. The molecule has 0 aromatic rings. The van der Waals surface area contributed by atoms with Gasteiger partial charge >= 0.3 is 0 Å². The van der Waals surface area contributed by atoms with Crippen molar-refractivity contribution in [2.75, 3.05) is 19.8 Å². The van der Waals surface area contributed by atoms with E-state index in [1.54, 1.807) is 0 Å². The highest BCUT2D eigenvalue weighted by atomic mass is 16.3. The Morgan fingerprint density at radius 3 is 1.09 bits per heavy atom. The largest absolute Gasteiger partial charge is 0.396 e. The van der Waals surface area contributed by atoms with Gasteiger partial charge in [0.2, 0.25) is 0 Å². The minimum atomic E-state index is -0.810. The number of aliphatic hydroxyl groups is 3. The predicted molar refractivity (Wildman–Crippen MR) is 137 cm³/mol. The molecule has 0 aromatic carbocycles. The van der Waals surface area contributed by atoms with Crippen molar-refractivity contribution in [1.29, 1.82) is 0 Å². The summed E-state index contributed by atoms with van der Waals surface area (Å²) >= 11 is 0. The molecule has 0 unspecified atom stereocenters. The second kappa shape index (κ2) is 21.3. The van der Waals surface area contributed by atoms with E-state index >= 15 is 0 Å². The molecule has 0 aliphatic carbocycles. The minimum Gasteiger partial charge on any atom is -0.396 e. The molecule has 5 heteroatoms. The summed E-state index contributed by atoms with van der Waals surface area (Å²) in [5, 5.41) is 28.3. The summed E-state index contributed by atoms with van der Waals surface area (Å²) in [6, 6.07) is 0. The van der Waals surface area contributed by atoms with Crippen LogP contribution in [0.1, 0.15) is 142 Å². The van der Waals surface area contributed by atoms with E-state index in [1.165, 1.54) is 89.9 Å². The summed E-state index contributed by atoms with van der Waals surface area (Å²) in [5.41, 5.74) is 11.6. The van der Waals surface area contributed by atoms with Gasteiger partial charge in [-0.1, -0.05) is 110 Å². The number of hydrogen-bond acceptors (Lipinski definition) is 5. The Kier molecular flexibility index (Phi) is 21.2. The average molecular weight is 459 g/mol. The second-order valence-corrected chi connectivity index (χ2v) is 10.4. The van der Waals surface area contributed by atoms with E-state index in [1.807, 2.05) is 0 Å². The molecule has 7 N–H and O–H groups in total. The Morgan fingerprint density at radius 1 is 0.469 bits per heavy atom. The van der Waals surface area contributed by atoms with E-state index in [-0.39, 0.29) is 25.2 Å². The number of unbranched alkanes of at least 4 members (excludes halogenated alkanes) is 15. The Labute approximate surface area is 199 Å². The van der Waals surface area contributed by atoms with Gasteiger partial charge in [0, 0.05) is 19.8 Å². The number of rotatable bonds is 25. The molecule has 0 bridgehead atoms. The lowest BCUT2D eigenvalue weighted by Gasteiger charge is -2.39. The summed E-state index contributed by atoms with van der Waals surface area (Å²) in [5.74, 6) is 0. The zero-order valence-corrected chi connectivity index (χ0v) is 21.5. The van der Waals surface area contributed by atoms with Crippen molar-refractivity contribution in [1.82, 2.24) is 0 Å². The van der Waals surface area contributed by atoms with Crippen molar-refractivity contribution in [3.63, 3.8) is 0 Å². The molecule has 0 saturated heterocycles. The number of nitrogens with two attached hydrogens (primary N) is 2. The third-order valence-electron chi connectivity index (χ3n) is 7.13. The van der Waals surface area contributed by atoms with Crippen LogP contribution in [0.2, 0.25) is 0 Å². The molecule has 0 aliphatic heterocycles. The Balaban J connectivity index is 3.73. The van der Waals surface area contributed by atoms with Gasteiger partial charge in [0.25, 0.3) is 0 Å². The monoisotopic (exact) mass is 458 g/mol. The maximum Gasteiger partial charge on any atom is 0.0642 e. The lowest BCUT2D eigenvalue weighted by molar-refractivity contribution is 0.0663. The van der Waals surface area contributed by atoms with Crippen LogP contribution in [0, 0.1) is 5.41 Å². The van der Waals surface area contributed by atoms with Crippen LogP contribution in [-0.2, 0) is 0 Å². The second-order valence-electron chi connectivity index (χ2n) is 10.4. The molecule has 0 radical (unpaired) electrons. The first kappa shape index (κ1) is 31.8. The topological polar surface area (TPSA) is 113 Å². The van der Waals surface area contributed by atoms with Crippen molar-refractivity contribution in [2.24, 2.45) is 16.9 Å². The van der Waals surface area contributed by atoms with Crippen LogP contribution in [-0.4, -0.2) is 40.8 Å². The van der Waals surface area contributed by atoms with Gasteiger partial charge in [-0.2, -0.15) is 0 Å². The first-order valence-electron chi connectivity index (χ1n) is 13.9. The predicted octanol–water partition coefficient (Wildman–Crippen LogP) is 5.78. The van der Waals surface area contributed by atoms with E-state index in [4.69, 9.17) is 11.5 Å². The lowest BCUT2D eigenvalue weighted by atomic mass is 9.71. The Bertz CT molecular complexity index is 374. The Hall–Kier alpha value is -0.200. The quantitative estimate of drug-likeness (QED) is 0.0879. The van der Waals surface area contributed by atoms with E-state index in [9.17, 15) is 15.3 Å². The molecule has 0 saturated carbocycles. The highest BCUT2D eigenvalue weighted by Gasteiger charge is 2.35. The van der Waals surface area contributed by atoms with Crippen molar-refractivity contribution >= 4 is 0 Å². The molecule has 0 fully saturated rings. The SMILES string of the molecule is CCCCCCCCCCCCCCCCCCC(N)(N)CC(CCO)(CCO)CCO. The maximum atomic E-state index is 9.43. The van der Waals surface area contributed by atoms with Crippen molar-refractivity contribution in [3.05, 3.63) is 0 Å². The van der Waals surface area contributed by atoms with Crippen LogP contribution in [0.3, 0.4) is 0 Å². The Morgan fingerprint density at radius 2 is 0.781 bits per heavy atom. The zero-order chi connectivity index (χ0) is 24.0. The molecule has 194 valence electrons. The lowest BCUT2D eigenvalue weighted by Crippen LogP contribution is -2.53. The van der Waals surface area contributed by atoms with Crippen LogP contribution >= 0.6 is 0 Å². The molecule has 0 aliphatic rings. The molecular formula is C27H58N2O3. The van der Waals surface area contributed by atoms with Crippen LogP contribution in [0.15, 0.2) is 0 Å². The molecule has 0 atom stereocenters. The average Bonchev–Trinajstić information content (AvgIpc) is 2.73. The summed E-state index contributed by atoms with van der Waals surface area (Å²) in [7, 11) is 0. The van der Waals surface area contributed by atoms with Crippen LogP contribution < -0.4 is 11.5 Å². The first-order valence-corrected chi connectivity index (χ1v) is 13.9. The fraction of sp³-hybridized carbons (Fsp3) is 1.00. The summed E-state index contributed by atoms with van der Waals surface area (Å²) in [6.07, 6.45) is 24.3. The standard InChI is InChI=1S/C27H58N2O3/c1-2-3-4-5-6-7-8-9-10-11-12-13-14-15-16-17-18-27(28,29)25-26(19-22-30,20-23-31)21-24-32/h30-32H,2-25,28-29H2,1H3. The van der Waals surface area contributed by atoms with Gasteiger partial charge in [0.05, 0.1) is 5.66 Å². The molecule has 0 spiro atoms. The van der Waals surface area contributed by atoms with Gasteiger partial charge in [0.15, 0.2) is 0 Å². The van der Waals surface area contributed by atoms with E-state index in [2.05, 4.69) is 6.92 Å². The van der Waals surface area contributed by atoms with Gasteiger partial charge in [0.1, 0.15) is 0 Å². The highest BCUT2D eigenvalue weighted by Crippen LogP contribution is 2.38. The molecule has 0 heterocycles. The van der Waals surface area contributed by atoms with Crippen LogP contribution in [0.4, 0.5) is 0 Å². The van der Waals surface area contributed by atoms with Crippen LogP contribution in [0.5, 0.6) is 0 Å². The molecule has 32 heavy (non-hydrogen) atoms. The van der Waals surface area contributed by atoms with E-state index < -0.39 is 5.66 Å². The summed E-state index contributed by atoms with van der Waals surface area (Å²) in [4.78, 5) is 0. The van der Waals surface area contributed by atoms with Gasteiger partial charge in [-0.05, 0) is 37.5 Å². The fourth-order valence-corrected chi connectivity index (χ4v) is 5.14. The van der Waals surface area contributed by atoms with Crippen molar-refractivity contribution in [3.8, 4) is 0 Å². The van der Waals surface area contributed by atoms with Crippen molar-refractivity contribution in [2.45, 2.75) is 147 Å². The molecule has 0 amide bonds. The zero-order valence-electron chi connectivity index (χ0n) is 21.5. The molecular weight excluding hydrogens is 400 g/mol. The van der Waals surface area contributed by atoms with Crippen molar-refractivity contribution < 1.29 is 15.3 Å². The van der Waals surface area contributed by atoms with E-state index in [0.717, 1.165) is 19.3 Å². The molecule has 5 nitrogen and oxygen atoms in total. The molecule has 0 aromatic heterocycles. The first-order chi connectivity index (χ1) is 15.4. The van der Waals surface area contributed by atoms with Gasteiger partial charge < -0.3 is 26.8 Å².